The van der Waals surface area contributed by atoms with Gasteiger partial charge < -0.3 is 10.0 Å². The van der Waals surface area contributed by atoms with Crippen molar-refractivity contribution in [2.45, 2.75) is 52.1 Å². The Hall–Kier alpha value is -2.46. The van der Waals surface area contributed by atoms with Crippen LogP contribution >= 0.6 is 0 Å². The molecule has 4 nitrogen and oxygen atoms in total. The number of carbonyl (C=O) groups is 2. The zero-order valence-corrected chi connectivity index (χ0v) is 16.9. The lowest BCUT2D eigenvalue weighted by Gasteiger charge is -2.24. The summed E-state index contributed by atoms with van der Waals surface area (Å²) in [6.45, 7) is 10.2. The Labute approximate surface area is 160 Å². The lowest BCUT2D eigenvalue weighted by molar-refractivity contribution is -0.135. The molecule has 2 aromatic rings. The number of aryl methyl sites for hydroxylation is 2. The van der Waals surface area contributed by atoms with Gasteiger partial charge in [0.15, 0.2) is 11.4 Å². The number of nitrogens with zero attached hydrogens (tertiary/aromatic N) is 1. The van der Waals surface area contributed by atoms with Crippen molar-refractivity contribution < 1.29 is 14.7 Å². The number of aliphatic hydroxyl groups is 1. The van der Waals surface area contributed by atoms with Crippen molar-refractivity contribution in [3.8, 4) is 0 Å². The van der Waals surface area contributed by atoms with E-state index in [2.05, 4.69) is 20.8 Å². The Morgan fingerprint density at radius 2 is 1.67 bits per heavy atom. The third kappa shape index (κ3) is 3.08. The SMILES string of the molecule is Cc1cc(C(C)(C)C)cc(C)c1C(=O)C[C@]1(O)C(=O)N(C)c2ccccc21. The molecule has 1 amide bonds. The predicted octanol–water partition coefficient (Wildman–Crippen LogP) is 4.04. The lowest BCUT2D eigenvalue weighted by Crippen LogP contribution is -2.40. The molecule has 0 aromatic heterocycles. The van der Waals surface area contributed by atoms with Gasteiger partial charge in [-0.2, -0.15) is 0 Å². The molecule has 0 radical (unpaired) electrons. The number of hydrogen-bond acceptors (Lipinski definition) is 3. The third-order valence-corrected chi connectivity index (χ3v) is 5.46. The van der Waals surface area contributed by atoms with E-state index >= 15 is 0 Å². The summed E-state index contributed by atoms with van der Waals surface area (Å²) in [5, 5.41) is 11.2. The molecule has 3 rings (SSSR count). The first-order valence-electron chi connectivity index (χ1n) is 9.22. The summed E-state index contributed by atoms with van der Waals surface area (Å²) < 4.78 is 0. The number of anilines is 1. The van der Waals surface area contributed by atoms with Crippen molar-refractivity contribution in [2.24, 2.45) is 0 Å². The number of hydrogen-bond donors (Lipinski definition) is 1. The number of fused-ring (bicyclic) bond motifs is 1. The zero-order chi connectivity index (χ0) is 20.1. The van der Waals surface area contributed by atoms with Gasteiger partial charge in [-0.15, -0.1) is 0 Å². The van der Waals surface area contributed by atoms with Gasteiger partial charge in [-0.1, -0.05) is 51.1 Å². The van der Waals surface area contributed by atoms with Crippen LogP contribution in [0.15, 0.2) is 36.4 Å². The molecule has 0 saturated heterocycles. The molecule has 0 spiro atoms. The van der Waals surface area contributed by atoms with Crippen LogP contribution < -0.4 is 4.90 Å². The molecule has 27 heavy (non-hydrogen) atoms. The zero-order valence-electron chi connectivity index (χ0n) is 16.9. The maximum Gasteiger partial charge on any atom is 0.263 e. The smallest absolute Gasteiger partial charge is 0.263 e. The highest BCUT2D eigenvalue weighted by atomic mass is 16.3. The fraction of sp³-hybridized carbons (Fsp3) is 0.391. The van der Waals surface area contributed by atoms with Gasteiger partial charge in [-0.3, -0.25) is 9.59 Å². The standard InChI is InChI=1S/C23H27NO3/c1-14-11-16(22(3,4)5)12-15(2)20(14)19(25)13-23(27)17-9-7-8-10-18(17)24(6)21(23)26/h7-12,27H,13H2,1-6H3/t23-/m1/s1. The second-order valence-electron chi connectivity index (χ2n) is 8.58. The number of benzene rings is 2. The van der Waals surface area contributed by atoms with Crippen molar-refractivity contribution in [3.05, 3.63) is 64.2 Å². The number of likely N-dealkylation sites (N-methyl/N-ethyl adjacent to an activating group) is 1. The van der Waals surface area contributed by atoms with Gasteiger partial charge >= 0.3 is 0 Å². The van der Waals surface area contributed by atoms with E-state index in [4.69, 9.17) is 0 Å². The van der Waals surface area contributed by atoms with Crippen LogP contribution in [0.5, 0.6) is 0 Å². The van der Waals surface area contributed by atoms with Gasteiger partial charge in [0.2, 0.25) is 0 Å². The van der Waals surface area contributed by atoms with Crippen LogP contribution in [0.3, 0.4) is 0 Å². The highest BCUT2D eigenvalue weighted by Crippen LogP contribution is 2.42. The van der Waals surface area contributed by atoms with Crippen LogP contribution in [0, 0.1) is 13.8 Å². The predicted molar refractivity (Wildman–Crippen MR) is 107 cm³/mol. The topological polar surface area (TPSA) is 57.6 Å². The van der Waals surface area contributed by atoms with Gasteiger partial charge in [0.25, 0.3) is 5.91 Å². The van der Waals surface area contributed by atoms with Gasteiger partial charge in [0, 0.05) is 18.2 Å². The fourth-order valence-electron chi connectivity index (χ4n) is 3.95. The molecule has 0 bridgehead atoms. The first-order chi connectivity index (χ1) is 12.5. The number of para-hydroxylation sites is 1. The Morgan fingerprint density at radius 1 is 1.11 bits per heavy atom. The van der Waals surface area contributed by atoms with Crippen LogP contribution in [-0.4, -0.2) is 23.8 Å². The highest BCUT2D eigenvalue weighted by molar-refractivity contribution is 6.11. The molecule has 2 aromatic carbocycles. The van der Waals surface area contributed by atoms with E-state index in [-0.39, 0.29) is 17.6 Å². The maximum atomic E-state index is 13.1. The van der Waals surface area contributed by atoms with Crippen molar-refractivity contribution in [2.75, 3.05) is 11.9 Å². The summed E-state index contributed by atoms with van der Waals surface area (Å²) >= 11 is 0. The fourth-order valence-corrected chi connectivity index (χ4v) is 3.95. The molecule has 1 heterocycles. The molecule has 0 aliphatic carbocycles. The molecule has 0 fully saturated rings. The quantitative estimate of drug-likeness (QED) is 0.835. The minimum Gasteiger partial charge on any atom is -0.375 e. The number of Topliss-reactive ketones (excluding diaryl/α,β-unsaturated/α-hetero) is 1. The van der Waals surface area contributed by atoms with E-state index in [1.165, 1.54) is 4.90 Å². The van der Waals surface area contributed by atoms with Crippen molar-refractivity contribution in [1.82, 2.24) is 0 Å². The monoisotopic (exact) mass is 365 g/mol. The first kappa shape index (κ1) is 19.3. The van der Waals surface area contributed by atoms with E-state index in [0.29, 0.717) is 16.8 Å². The van der Waals surface area contributed by atoms with E-state index in [1.807, 2.05) is 32.0 Å². The van der Waals surface area contributed by atoms with Crippen LogP contribution in [0.2, 0.25) is 0 Å². The normalized spacial score (nSPS) is 19.4. The summed E-state index contributed by atoms with van der Waals surface area (Å²) in [7, 11) is 1.62. The first-order valence-corrected chi connectivity index (χ1v) is 9.22. The van der Waals surface area contributed by atoms with E-state index in [9.17, 15) is 14.7 Å². The second-order valence-corrected chi connectivity index (χ2v) is 8.58. The molecule has 0 unspecified atom stereocenters. The highest BCUT2D eigenvalue weighted by Gasteiger charge is 2.49. The second kappa shape index (κ2) is 6.31. The number of amides is 1. The summed E-state index contributed by atoms with van der Waals surface area (Å²) in [5.74, 6) is -0.676. The van der Waals surface area contributed by atoms with Gasteiger partial charge in [0.05, 0.1) is 12.1 Å². The van der Waals surface area contributed by atoms with Crippen LogP contribution in [-0.2, 0) is 15.8 Å². The van der Waals surface area contributed by atoms with Gasteiger partial charge in [0.1, 0.15) is 0 Å². The Bertz CT molecular complexity index is 916. The van der Waals surface area contributed by atoms with Crippen LogP contribution in [0.4, 0.5) is 5.69 Å². The summed E-state index contributed by atoms with van der Waals surface area (Å²) in [6.07, 6.45) is -0.260. The van der Waals surface area contributed by atoms with Crippen molar-refractivity contribution in [3.63, 3.8) is 0 Å². The molecule has 1 aliphatic heterocycles. The molecule has 1 N–H and O–H groups in total. The van der Waals surface area contributed by atoms with Gasteiger partial charge in [-0.05, 0) is 42.0 Å². The number of ketones is 1. The summed E-state index contributed by atoms with van der Waals surface area (Å²) in [5.41, 5.74) is 2.82. The van der Waals surface area contributed by atoms with E-state index in [1.54, 1.807) is 25.2 Å². The molecule has 1 atom stereocenters. The van der Waals surface area contributed by atoms with Crippen molar-refractivity contribution in [1.29, 1.82) is 0 Å². The molecule has 4 heteroatoms. The molecule has 1 aliphatic rings. The minimum absolute atomic E-state index is 0.0155. The average molecular weight is 365 g/mol. The Balaban J connectivity index is 2.00. The summed E-state index contributed by atoms with van der Waals surface area (Å²) in [4.78, 5) is 27.3. The molecule has 142 valence electrons. The van der Waals surface area contributed by atoms with Gasteiger partial charge in [-0.25, -0.2) is 0 Å². The van der Waals surface area contributed by atoms with Crippen LogP contribution in [0.1, 0.15) is 59.8 Å². The van der Waals surface area contributed by atoms with E-state index in [0.717, 1.165) is 16.7 Å². The molecule has 0 saturated carbocycles. The van der Waals surface area contributed by atoms with Crippen LogP contribution in [0.25, 0.3) is 0 Å². The number of carbonyl (C=O) groups excluding carboxylic acids is 2. The van der Waals surface area contributed by atoms with E-state index < -0.39 is 11.5 Å². The Morgan fingerprint density at radius 3 is 2.22 bits per heavy atom. The number of rotatable bonds is 3. The average Bonchev–Trinajstić information content (AvgIpc) is 2.76. The van der Waals surface area contributed by atoms with Crippen molar-refractivity contribution >= 4 is 17.4 Å². The summed E-state index contributed by atoms with van der Waals surface area (Å²) in [6, 6.07) is 11.1. The minimum atomic E-state index is -1.82. The maximum absolute atomic E-state index is 13.1. The lowest BCUT2D eigenvalue weighted by atomic mass is 9.81. The third-order valence-electron chi connectivity index (χ3n) is 5.46. The Kier molecular flexibility index (Phi) is 4.51. The largest absolute Gasteiger partial charge is 0.375 e. The molecular formula is C23H27NO3. The molecular weight excluding hydrogens is 338 g/mol.